The third-order valence-electron chi connectivity index (χ3n) is 11.3. The molecule has 0 bridgehead atoms. The minimum Gasteiger partial charge on any atom is -0.595 e. The predicted octanol–water partition coefficient (Wildman–Crippen LogP) is 3.22. The summed E-state index contributed by atoms with van der Waals surface area (Å²) in [7, 11) is 1.18. The smallest absolute Gasteiger partial charge is 0.328 e. The molecule has 3 saturated carbocycles. The number of phenolic OH excluding ortho intramolecular Hbond substituents is 1. The summed E-state index contributed by atoms with van der Waals surface area (Å²) in [5.74, 6) is -0.288. The fourth-order valence-electron chi connectivity index (χ4n) is 8.86. The maximum Gasteiger partial charge on any atom is 0.328 e. The molecule has 1 unspecified atom stereocenters. The highest BCUT2D eigenvalue weighted by atomic mass is 16.8. The number of carbonyl (C=O) groups is 4. The van der Waals surface area contributed by atoms with Crippen LogP contribution in [-0.4, -0.2) is 53.2 Å². The van der Waals surface area contributed by atoms with E-state index in [1.54, 1.807) is 0 Å². The van der Waals surface area contributed by atoms with Crippen LogP contribution in [0, 0.1) is 33.8 Å². The summed E-state index contributed by atoms with van der Waals surface area (Å²) >= 11 is 0. The lowest BCUT2D eigenvalue weighted by molar-refractivity contribution is -0.991. The number of ketones is 1. The van der Waals surface area contributed by atoms with Gasteiger partial charge in [-0.05, 0) is 85.8 Å². The minimum atomic E-state index is -1.32. The summed E-state index contributed by atoms with van der Waals surface area (Å²) in [6, 6.07) is 2.81. The molecule has 3 fully saturated rings. The molecule has 1 amide bonds. The van der Waals surface area contributed by atoms with E-state index in [0.29, 0.717) is 29.7 Å². The number of methoxy groups -OCH3 is 1. The Morgan fingerprint density at radius 1 is 1.09 bits per heavy atom. The first-order valence-corrected chi connectivity index (χ1v) is 15.7. The van der Waals surface area contributed by atoms with Gasteiger partial charge in [0.25, 0.3) is 0 Å². The molecule has 5 rings (SSSR count). The molecule has 0 aromatic heterocycles. The fourth-order valence-corrected chi connectivity index (χ4v) is 8.86. The number of phenols is 1. The van der Waals surface area contributed by atoms with Crippen molar-refractivity contribution in [2.75, 3.05) is 7.11 Å². The Balaban J connectivity index is 1.15. The number of hydrogen-bond donors (Lipinski definition) is 4. The molecule has 0 aliphatic heterocycles. The zero-order valence-electron chi connectivity index (χ0n) is 25.7. The van der Waals surface area contributed by atoms with Crippen LogP contribution in [0.5, 0.6) is 5.75 Å². The molecule has 0 radical (unpaired) electrons. The van der Waals surface area contributed by atoms with Crippen LogP contribution in [0.1, 0.15) is 83.6 Å². The maximum atomic E-state index is 13.0. The highest BCUT2D eigenvalue weighted by Gasteiger charge is 2.60. The largest absolute Gasteiger partial charge is 0.595 e. The number of amides is 1. The molecule has 1 aromatic rings. The molecule has 0 spiro atoms. The van der Waals surface area contributed by atoms with Gasteiger partial charge in [-0.1, -0.05) is 25.5 Å². The van der Waals surface area contributed by atoms with E-state index in [9.17, 15) is 34.7 Å². The van der Waals surface area contributed by atoms with Crippen molar-refractivity contribution >= 4 is 29.3 Å². The van der Waals surface area contributed by atoms with Crippen molar-refractivity contribution in [2.24, 2.45) is 28.6 Å². The van der Waals surface area contributed by atoms with Gasteiger partial charge in [-0.15, -0.1) is 0 Å². The van der Waals surface area contributed by atoms with Crippen LogP contribution in [0.2, 0.25) is 0 Å². The average molecular weight is 613 g/mol. The number of aromatic hydroxyl groups is 1. The van der Waals surface area contributed by atoms with E-state index in [-0.39, 0.29) is 47.7 Å². The normalized spacial score (nSPS) is 32.3. The van der Waals surface area contributed by atoms with Crippen molar-refractivity contribution in [3.8, 4) is 5.75 Å². The molecule has 4 aliphatic carbocycles. The van der Waals surface area contributed by atoms with Gasteiger partial charge in [-0.2, -0.15) is 5.23 Å². The first-order chi connectivity index (χ1) is 20.9. The average Bonchev–Trinajstić information content (AvgIpc) is 3.32. The standard InChI is InChI=1S/C33H44N2O9/c1-32-14-12-21(36)18-20(32)5-6-22-23-7-9-28(33(23,2)15-13-24(22)32)44-30(39)11-10-29(38)34-25(31(40)43-3)16-19-4-8-27(37)26(17-19)35(41)42/h4,8,17-18,22-25,28,35,37,41H,5-7,9-16H2,1-3H3,(H,34,38)/t22-,23+,24+,25+,28+,32+,33+/m1/s1. The third kappa shape index (κ3) is 6.14. The van der Waals surface area contributed by atoms with Gasteiger partial charge < -0.3 is 25.1 Å². The van der Waals surface area contributed by atoms with E-state index in [4.69, 9.17) is 9.47 Å². The van der Waals surface area contributed by atoms with Gasteiger partial charge >= 0.3 is 11.9 Å². The second-order valence-electron chi connectivity index (χ2n) is 13.6. The number of esters is 2. The van der Waals surface area contributed by atoms with Crippen LogP contribution in [0.4, 0.5) is 5.69 Å². The second-order valence-corrected chi connectivity index (χ2v) is 13.6. The molecule has 0 saturated heterocycles. The lowest BCUT2D eigenvalue weighted by Crippen LogP contribution is -2.99. The first kappa shape index (κ1) is 32.1. The number of fused-ring (bicyclic) bond motifs is 5. The summed E-state index contributed by atoms with van der Waals surface area (Å²) in [6.07, 6.45) is 8.77. The number of carbonyl (C=O) groups excluding carboxylic acids is 4. The number of quaternary nitrogens is 1. The molecule has 44 heavy (non-hydrogen) atoms. The summed E-state index contributed by atoms with van der Waals surface area (Å²) in [5, 5.41) is 31.6. The van der Waals surface area contributed by atoms with E-state index in [1.807, 2.05) is 6.08 Å². The fraction of sp³-hybridized carbons (Fsp3) is 0.636. The summed E-state index contributed by atoms with van der Waals surface area (Å²) in [6.45, 7) is 4.61. The van der Waals surface area contributed by atoms with Crippen molar-refractivity contribution in [1.29, 1.82) is 0 Å². The molecule has 1 aromatic carbocycles. The number of rotatable bonds is 9. The summed E-state index contributed by atoms with van der Waals surface area (Å²) in [5.41, 5.74) is 1.39. The van der Waals surface area contributed by atoms with Crippen molar-refractivity contribution in [3.63, 3.8) is 0 Å². The number of benzene rings is 1. The quantitative estimate of drug-likeness (QED) is 0.186. The molecule has 240 valence electrons. The van der Waals surface area contributed by atoms with Gasteiger partial charge in [0.2, 0.25) is 11.6 Å². The molecule has 0 heterocycles. The number of hydrogen-bond acceptors (Lipinski definition) is 9. The molecule has 8 atom stereocenters. The van der Waals surface area contributed by atoms with Crippen molar-refractivity contribution < 1.29 is 44.2 Å². The van der Waals surface area contributed by atoms with Crippen LogP contribution in [0.15, 0.2) is 29.8 Å². The summed E-state index contributed by atoms with van der Waals surface area (Å²) in [4.78, 5) is 50.2. The first-order valence-electron chi connectivity index (χ1n) is 15.7. The van der Waals surface area contributed by atoms with Gasteiger partial charge in [0, 0.05) is 30.7 Å². The van der Waals surface area contributed by atoms with E-state index in [2.05, 4.69) is 19.2 Å². The second kappa shape index (κ2) is 12.6. The predicted molar refractivity (Wildman–Crippen MR) is 157 cm³/mol. The minimum absolute atomic E-state index is 0.0555. The van der Waals surface area contributed by atoms with E-state index in [0.717, 1.165) is 44.9 Å². The topological polar surface area (TPSA) is 167 Å². The lowest BCUT2D eigenvalue weighted by atomic mass is 9.47. The van der Waals surface area contributed by atoms with Crippen LogP contribution in [-0.2, 0) is 35.1 Å². The Morgan fingerprint density at radius 2 is 1.86 bits per heavy atom. The van der Waals surface area contributed by atoms with Crippen molar-refractivity contribution in [1.82, 2.24) is 5.32 Å². The van der Waals surface area contributed by atoms with Gasteiger partial charge in [0.05, 0.1) is 13.5 Å². The molecular weight excluding hydrogens is 568 g/mol. The highest BCUT2D eigenvalue weighted by molar-refractivity contribution is 5.91. The molecule has 4 N–H and O–H groups in total. The molecular formula is C33H44N2O9. The van der Waals surface area contributed by atoms with Crippen molar-refractivity contribution in [2.45, 2.75) is 96.6 Å². The van der Waals surface area contributed by atoms with Crippen LogP contribution >= 0.6 is 0 Å². The van der Waals surface area contributed by atoms with E-state index >= 15 is 0 Å². The van der Waals surface area contributed by atoms with E-state index in [1.165, 1.54) is 30.9 Å². The van der Waals surface area contributed by atoms with Crippen LogP contribution in [0.25, 0.3) is 0 Å². The van der Waals surface area contributed by atoms with Crippen LogP contribution in [0.3, 0.4) is 0 Å². The van der Waals surface area contributed by atoms with Gasteiger partial charge in [0.15, 0.2) is 11.5 Å². The molecule has 11 nitrogen and oxygen atoms in total. The lowest BCUT2D eigenvalue weighted by Gasteiger charge is -2.57. The monoisotopic (exact) mass is 612 g/mol. The zero-order chi connectivity index (χ0) is 31.8. The zero-order valence-corrected chi connectivity index (χ0v) is 25.7. The Bertz CT molecular complexity index is 1340. The Kier molecular flexibility index (Phi) is 9.21. The van der Waals surface area contributed by atoms with Crippen molar-refractivity contribution in [3.05, 3.63) is 40.6 Å². The maximum absolute atomic E-state index is 13.0. The van der Waals surface area contributed by atoms with Gasteiger partial charge in [-0.3, -0.25) is 14.4 Å². The number of allylic oxidation sites excluding steroid dienone is 1. The number of nitrogens with one attached hydrogen (secondary N) is 2. The van der Waals surface area contributed by atoms with Crippen LogP contribution < -0.4 is 10.5 Å². The Labute approximate surface area is 257 Å². The molecule has 4 aliphatic rings. The van der Waals surface area contributed by atoms with Gasteiger partial charge in [-0.25, -0.2) is 10.0 Å². The van der Waals surface area contributed by atoms with E-state index < -0.39 is 34.9 Å². The summed E-state index contributed by atoms with van der Waals surface area (Å²) < 4.78 is 10.8. The number of ether oxygens (including phenoxy) is 2. The highest BCUT2D eigenvalue weighted by Crippen LogP contribution is 2.65. The SMILES string of the molecule is COC(=O)[C@H](Cc1ccc(O)c([NH+]([O-])O)c1)NC(=O)CCC(=O)O[C@H]1CC[C@H]2[C@H]3CCC4=CC(=O)CC[C@]4(C)[C@H]3CC[C@]12C. The Hall–Kier alpha value is -3.28. The molecule has 11 heteroatoms. The van der Waals surface area contributed by atoms with Gasteiger partial charge in [0.1, 0.15) is 12.1 Å². The third-order valence-corrected chi connectivity index (χ3v) is 11.3. The Morgan fingerprint density at radius 3 is 2.59 bits per heavy atom.